The van der Waals surface area contributed by atoms with Gasteiger partial charge < -0.3 is 24.1 Å². The van der Waals surface area contributed by atoms with Gasteiger partial charge in [0.05, 0.1) is 27.4 Å². The number of carbonyl (C=O) groups excluding carboxylic acids is 2. The van der Waals surface area contributed by atoms with E-state index >= 15 is 0 Å². The van der Waals surface area contributed by atoms with E-state index in [0.717, 1.165) is 27.5 Å². The third-order valence-corrected chi connectivity index (χ3v) is 7.04. The van der Waals surface area contributed by atoms with E-state index in [0.29, 0.717) is 13.2 Å². The van der Waals surface area contributed by atoms with Crippen molar-refractivity contribution < 1.29 is 33.6 Å². The number of carbonyl (C=O) groups is 2. The van der Waals surface area contributed by atoms with Crippen LogP contribution >= 0.6 is 27.7 Å². The molecule has 0 fully saturated rings. The molecule has 0 heterocycles. The molecule has 0 radical (unpaired) electrons. The number of ether oxygens (including phenoxy) is 4. The van der Waals surface area contributed by atoms with Gasteiger partial charge in [-0.1, -0.05) is 40.2 Å². The summed E-state index contributed by atoms with van der Waals surface area (Å²) in [5.74, 6) is 1.14. The summed E-state index contributed by atoms with van der Waals surface area (Å²) in [6.07, 6.45) is 0. The molecule has 2 atom stereocenters. The summed E-state index contributed by atoms with van der Waals surface area (Å²) >= 11 is 4.64. The maximum atomic E-state index is 12.1. The molecular formula is C28H31BrO7S. The smallest absolute Gasteiger partial charge is 0.323 e. The number of thioether (sulfide) groups is 1. The number of halogens is 1. The summed E-state index contributed by atoms with van der Waals surface area (Å²) < 4.78 is 20.2. The number of benzene rings is 3. The number of alkyl halides is 1. The first kappa shape index (κ1) is 30.1. The lowest BCUT2D eigenvalue weighted by molar-refractivity contribution is -0.140. The lowest BCUT2D eigenvalue weighted by Gasteiger charge is -2.15. The van der Waals surface area contributed by atoms with E-state index in [1.54, 1.807) is 24.3 Å². The topological polar surface area (TPSA) is 91.3 Å². The fourth-order valence-electron chi connectivity index (χ4n) is 3.06. The van der Waals surface area contributed by atoms with E-state index in [1.165, 1.54) is 26.0 Å². The third-order valence-electron chi connectivity index (χ3n) is 4.89. The molecule has 0 bridgehead atoms. The van der Waals surface area contributed by atoms with Gasteiger partial charge in [-0.2, -0.15) is 0 Å². The molecule has 0 saturated carbocycles. The maximum absolute atomic E-state index is 12.1. The number of hydrogen-bond acceptors (Lipinski definition) is 8. The first-order valence-corrected chi connectivity index (χ1v) is 13.3. The highest BCUT2D eigenvalue weighted by atomic mass is 79.9. The minimum atomic E-state index is -0.467. The number of aromatic hydroxyl groups is 1. The van der Waals surface area contributed by atoms with Crippen molar-refractivity contribution in [3.63, 3.8) is 0 Å². The van der Waals surface area contributed by atoms with Gasteiger partial charge in [-0.3, -0.25) is 9.59 Å². The molecule has 37 heavy (non-hydrogen) atoms. The van der Waals surface area contributed by atoms with Crippen molar-refractivity contribution in [2.45, 2.75) is 28.8 Å². The minimum absolute atomic E-state index is 0.194. The van der Waals surface area contributed by atoms with Crippen molar-refractivity contribution >= 4 is 39.6 Å². The Morgan fingerprint density at radius 2 is 1.22 bits per heavy atom. The van der Waals surface area contributed by atoms with Crippen LogP contribution in [0.25, 0.3) is 0 Å². The lowest BCUT2D eigenvalue weighted by Crippen LogP contribution is -2.11. The van der Waals surface area contributed by atoms with Crippen molar-refractivity contribution in [3.8, 4) is 17.2 Å². The summed E-state index contributed by atoms with van der Waals surface area (Å²) in [4.78, 5) is 23.8. The number of phenolic OH excluding ortho intramolecular Hbond substituents is 1. The molecule has 198 valence electrons. The quantitative estimate of drug-likeness (QED) is 0.163. The van der Waals surface area contributed by atoms with Crippen LogP contribution in [-0.2, 0) is 19.1 Å². The average Bonchev–Trinajstić information content (AvgIpc) is 2.93. The van der Waals surface area contributed by atoms with Gasteiger partial charge in [0, 0.05) is 4.90 Å². The van der Waals surface area contributed by atoms with Crippen LogP contribution < -0.4 is 9.47 Å². The third kappa shape index (κ3) is 9.66. The monoisotopic (exact) mass is 590 g/mol. The van der Waals surface area contributed by atoms with Crippen molar-refractivity contribution in [2.75, 3.05) is 27.4 Å². The molecule has 0 aliphatic heterocycles. The second-order valence-corrected chi connectivity index (χ2v) is 9.50. The van der Waals surface area contributed by atoms with Crippen molar-refractivity contribution in [1.82, 2.24) is 0 Å². The average molecular weight is 592 g/mol. The van der Waals surface area contributed by atoms with E-state index in [-0.39, 0.29) is 17.7 Å². The van der Waals surface area contributed by atoms with Gasteiger partial charge in [0.1, 0.15) is 27.3 Å². The van der Waals surface area contributed by atoms with Crippen LogP contribution in [0.2, 0.25) is 0 Å². The summed E-state index contributed by atoms with van der Waals surface area (Å²) in [5.41, 5.74) is 1.69. The fraction of sp³-hybridized carbons (Fsp3) is 0.286. The molecule has 3 aromatic carbocycles. The largest absolute Gasteiger partial charge is 0.508 e. The predicted octanol–water partition coefficient (Wildman–Crippen LogP) is 6.49. The standard InChI is InChI=1S/C17H18O4S.C11H13BrO3/c1-3-21-14-8-4-12(5-9-14)16(17(19)20-2)22-15-10-6-13(18)7-11-15;1-3-15-9-6-4-8(5-7-9)10(12)11(13)14-2/h4-11,16,18H,3H2,1-2H3;4-7,10H,3H2,1-2H3. The van der Waals surface area contributed by atoms with Gasteiger partial charge in [-0.05, 0) is 73.5 Å². The Hall–Kier alpha value is -3.17. The van der Waals surface area contributed by atoms with Gasteiger partial charge in [-0.25, -0.2) is 0 Å². The van der Waals surface area contributed by atoms with E-state index in [9.17, 15) is 14.7 Å². The van der Waals surface area contributed by atoms with Gasteiger partial charge in [-0.15, -0.1) is 11.8 Å². The van der Waals surface area contributed by atoms with Crippen LogP contribution in [0.15, 0.2) is 77.7 Å². The van der Waals surface area contributed by atoms with E-state index < -0.39 is 10.1 Å². The molecule has 9 heteroatoms. The summed E-state index contributed by atoms with van der Waals surface area (Å²) in [7, 11) is 2.74. The van der Waals surface area contributed by atoms with Crippen LogP contribution in [0, 0.1) is 0 Å². The van der Waals surface area contributed by atoms with Gasteiger partial charge in [0.15, 0.2) is 0 Å². The molecule has 3 aromatic rings. The van der Waals surface area contributed by atoms with E-state index in [1.807, 2.05) is 62.4 Å². The molecule has 3 rings (SSSR count). The summed E-state index contributed by atoms with van der Waals surface area (Å²) in [5, 5.41) is 8.86. The molecule has 0 spiro atoms. The highest BCUT2D eigenvalue weighted by Crippen LogP contribution is 2.37. The molecule has 2 unspecified atom stereocenters. The summed E-state index contributed by atoms with van der Waals surface area (Å²) in [6, 6.07) is 21.5. The fourth-order valence-corrected chi connectivity index (χ4v) is 4.61. The number of hydrogen-bond donors (Lipinski definition) is 1. The molecule has 7 nitrogen and oxygen atoms in total. The number of phenols is 1. The van der Waals surface area contributed by atoms with Gasteiger partial charge in [0.25, 0.3) is 0 Å². The van der Waals surface area contributed by atoms with Crippen LogP contribution in [0.4, 0.5) is 0 Å². The first-order valence-electron chi connectivity index (χ1n) is 11.5. The predicted molar refractivity (Wildman–Crippen MR) is 148 cm³/mol. The lowest BCUT2D eigenvalue weighted by atomic mass is 10.1. The second kappa shape index (κ2) is 15.8. The number of esters is 2. The second-order valence-electron chi connectivity index (χ2n) is 7.40. The van der Waals surface area contributed by atoms with Crippen LogP contribution in [0.3, 0.4) is 0 Å². The number of methoxy groups -OCH3 is 2. The molecule has 0 aromatic heterocycles. The van der Waals surface area contributed by atoms with E-state index in [4.69, 9.17) is 14.2 Å². The maximum Gasteiger partial charge on any atom is 0.323 e. The molecule has 0 saturated heterocycles. The molecule has 0 amide bonds. The van der Waals surface area contributed by atoms with Crippen molar-refractivity contribution in [2.24, 2.45) is 0 Å². The number of rotatable bonds is 10. The van der Waals surface area contributed by atoms with Crippen molar-refractivity contribution in [1.29, 1.82) is 0 Å². The molecule has 0 aliphatic carbocycles. The minimum Gasteiger partial charge on any atom is -0.508 e. The Balaban J connectivity index is 0.000000281. The van der Waals surface area contributed by atoms with E-state index in [2.05, 4.69) is 20.7 Å². The first-order chi connectivity index (χ1) is 17.8. The van der Waals surface area contributed by atoms with Crippen LogP contribution in [0.1, 0.15) is 35.1 Å². The Morgan fingerprint density at radius 3 is 1.65 bits per heavy atom. The summed E-state index contributed by atoms with van der Waals surface area (Å²) in [6.45, 7) is 5.08. The molecule has 0 aliphatic rings. The molecular weight excluding hydrogens is 560 g/mol. The SMILES string of the molecule is CCOc1ccc(C(Br)C(=O)OC)cc1.CCOc1ccc(C(Sc2ccc(O)cc2)C(=O)OC)cc1. The van der Waals surface area contributed by atoms with Gasteiger partial charge in [0.2, 0.25) is 0 Å². The van der Waals surface area contributed by atoms with Crippen LogP contribution in [-0.4, -0.2) is 44.5 Å². The zero-order valence-electron chi connectivity index (χ0n) is 21.2. The Bertz CT molecular complexity index is 1100. The van der Waals surface area contributed by atoms with Crippen molar-refractivity contribution in [3.05, 3.63) is 83.9 Å². The zero-order valence-corrected chi connectivity index (χ0v) is 23.6. The Labute approximate surface area is 230 Å². The Morgan fingerprint density at radius 1 is 0.757 bits per heavy atom. The highest BCUT2D eigenvalue weighted by Gasteiger charge is 2.23. The van der Waals surface area contributed by atoms with Gasteiger partial charge >= 0.3 is 11.9 Å². The zero-order chi connectivity index (χ0) is 27.2. The Kier molecular flexibility index (Phi) is 12.9. The van der Waals surface area contributed by atoms with Crippen LogP contribution in [0.5, 0.6) is 17.2 Å². The highest BCUT2D eigenvalue weighted by molar-refractivity contribution is 9.09. The normalized spacial score (nSPS) is 11.8. The molecule has 1 N–H and O–H groups in total.